The molecule has 0 aromatic carbocycles. The lowest BCUT2D eigenvalue weighted by Gasteiger charge is -2.06. The van der Waals surface area contributed by atoms with E-state index >= 15 is 0 Å². The topological polar surface area (TPSA) is 27.1 Å². The largest absolute Gasteiger partial charge is 0.379 e. The third-order valence-electron chi connectivity index (χ3n) is 2.32. The van der Waals surface area contributed by atoms with Gasteiger partial charge in [-0.1, -0.05) is 0 Å². The van der Waals surface area contributed by atoms with Crippen LogP contribution in [0.3, 0.4) is 0 Å². The maximum absolute atomic E-state index is 5.64. The Hall–Kier alpha value is -0.540. The Labute approximate surface area is 82.6 Å². The Balaban J connectivity index is 2.03. The van der Waals surface area contributed by atoms with Crippen LogP contribution in [0.1, 0.15) is 18.0 Å². The quantitative estimate of drug-likeness (QED) is 0.694. The molecule has 0 saturated carbocycles. The smallest absolute Gasteiger partial charge is 0.0774 e. The van der Waals surface area contributed by atoms with Gasteiger partial charge in [-0.15, -0.1) is 11.6 Å². The SMILES string of the molecule is ClCCc1cnn(C2CCOC2)c1. The summed E-state index contributed by atoms with van der Waals surface area (Å²) >= 11 is 5.64. The lowest BCUT2D eigenvalue weighted by molar-refractivity contribution is 0.184. The lowest BCUT2D eigenvalue weighted by atomic mass is 10.2. The number of aryl methyl sites for hydroxylation is 1. The van der Waals surface area contributed by atoms with Gasteiger partial charge in [0.25, 0.3) is 0 Å². The summed E-state index contributed by atoms with van der Waals surface area (Å²) in [5.74, 6) is 0.660. The fourth-order valence-electron chi connectivity index (χ4n) is 1.55. The highest BCUT2D eigenvalue weighted by Crippen LogP contribution is 2.18. The van der Waals surface area contributed by atoms with Crippen LogP contribution in [-0.4, -0.2) is 28.9 Å². The lowest BCUT2D eigenvalue weighted by Crippen LogP contribution is -2.08. The van der Waals surface area contributed by atoms with Crippen molar-refractivity contribution in [3.63, 3.8) is 0 Å². The standard InChI is InChI=1S/C9H13ClN2O/c10-3-1-8-5-11-12(6-8)9-2-4-13-7-9/h5-6,9H,1-4,7H2. The summed E-state index contributed by atoms with van der Waals surface area (Å²) in [7, 11) is 0. The summed E-state index contributed by atoms with van der Waals surface area (Å²) in [4.78, 5) is 0. The average molecular weight is 201 g/mol. The zero-order valence-electron chi connectivity index (χ0n) is 7.45. The zero-order valence-corrected chi connectivity index (χ0v) is 8.20. The molecule has 1 fully saturated rings. The molecule has 3 nitrogen and oxygen atoms in total. The number of ether oxygens (including phenoxy) is 1. The van der Waals surface area contributed by atoms with E-state index in [-0.39, 0.29) is 0 Å². The molecule has 1 aliphatic rings. The molecule has 1 unspecified atom stereocenters. The van der Waals surface area contributed by atoms with Crippen molar-refractivity contribution in [1.29, 1.82) is 0 Å². The number of aromatic nitrogens is 2. The molecule has 1 aromatic rings. The van der Waals surface area contributed by atoms with Crippen LogP contribution in [0.25, 0.3) is 0 Å². The Morgan fingerprint density at radius 1 is 1.69 bits per heavy atom. The Bertz CT molecular complexity index is 268. The minimum atomic E-state index is 0.434. The van der Waals surface area contributed by atoms with Gasteiger partial charge >= 0.3 is 0 Å². The predicted octanol–water partition coefficient (Wildman–Crippen LogP) is 1.63. The van der Waals surface area contributed by atoms with Crippen LogP contribution >= 0.6 is 11.6 Å². The maximum Gasteiger partial charge on any atom is 0.0774 e. The van der Waals surface area contributed by atoms with Gasteiger partial charge in [-0.3, -0.25) is 4.68 Å². The first-order valence-corrected chi connectivity index (χ1v) is 5.10. The van der Waals surface area contributed by atoms with Gasteiger partial charge in [0.05, 0.1) is 18.8 Å². The van der Waals surface area contributed by atoms with E-state index in [0.717, 1.165) is 26.1 Å². The van der Waals surface area contributed by atoms with Gasteiger partial charge in [0.1, 0.15) is 0 Å². The number of hydrogen-bond acceptors (Lipinski definition) is 2. The Kier molecular flexibility index (Phi) is 2.86. The average Bonchev–Trinajstić information content (AvgIpc) is 2.70. The molecule has 0 aliphatic carbocycles. The second-order valence-corrected chi connectivity index (χ2v) is 3.66. The maximum atomic E-state index is 5.64. The molecule has 1 saturated heterocycles. The number of hydrogen-bond donors (Lipinski definition) is 0. The number of halogens is 1. The highest BCUT2D eigenvalue weighted by atomic mass is 35.5. The summed E-state index contributed by atoms with van der Waals surface area (Å²) in [6.07, 6.45) is 5.93. The number of rotatable bonds is 3. The molecule has 0 spiro atoms. The summed E-state index contributed by atoms with van der Waals surface area (Å²) in [5, 5.41) is 4.29. The van der Waals surface area contributed by atoms with E-state index in [0.29, 0.717) is 11.9 Å². The highest BCUT2D eigenvalue weighted by Gasteiger charge is 2.17. The molecule has 4 heteroatoms. The second-order valence-electron chi connectivity index (χ2n) is 3.28. The minimum Gasteiger partial charge on any atom is -0.379 e. The van der Waals surface area contributed by atoms with Crippen molar-refractivity contribution in [1.82, 2.24) is 9.78 Å². The van der Waals surface area contributed by atoms with Crippen LogP contribution in [0.15, 0.2) is 12.4 Å². The molecule has 1 aliphatic heterocycles. The minimum absolute atomic E-state index is 0.434. The van der Waals surface area contributed by atoms with Gasteiger partial charge in [0, 0.05) is 18.7 Å². The molecule has 0 bridgehead atoms. The number of nitrogens with zero attached hydrogens (tertiary/aromatic N) is 2. The van der Waals surface area contributed by atoms with Gasteiger partial charge in [-0.05, 0) is 18.4 Å². The van der Waals surface area contributed by atoms with Crippen molar-refractivity contribution in [2.75, 3.05) is 19.1 Å². The molecule has 0 amide bonds. The molecular weight excluding hydrogens is 188 g/mol. The molecule has 2 heterocycles. The first kappa shape index (κ1) is 9.03. The van der Waals surface area contributed by atoms with Crippen LogP contribution in [-0.2, 0) is 11.2 Å². The van der Waals surface area contributed by atoms with E-state index in [4.69, 9.17) is 16.3 Å². The summed E-state index contributed by atoms with van der Waals surface area (Å²) in [6, 6.07) is 0.434. The van der Waals surface area contributed by atoms with Crippen molar-refractivity contribution >= 4 is 11.6 Å². The van der Waals surface area contributed by atoms with E-state index in [9.17, 15) is 0 Å². The molecule has 2 rings (SSSR count). The monoisotopic (exact) mass is 200 g/mol. The van der Waals surface area contributed by atoms with E-state index in [1.165, 1.54) is 5.56 Å². The van der Waals surface area contributed by atoms with Crippen LogP contribution < -0.4 is 0 Å². The van der Waals surface area contributed by atoms with Gasteiger partial charge in [0.15, 0.2) is 0 Å². The van der Waals surface area contributed by atoms with Crippen molar-refractivity contribution in [2.45, 2.75) is 18.9 Å². The van der Waals surface area contributed by atoms with Gasteiger partial charge in [-0.25, -0.2) is 0 Å². The van der Waals surface area contributed by atoms with Crippen molar-refractivity contribution < 1.29 is 4.74 Å². The molecule has 72 valence electrons. The zero-order chi connectivity index (χ0) is 9.10. The van der Waals surface area contributed by atoms with Crippen LogP contribution in [0.5, 0.6) is 0 Å². The van der Waals surface area contributed by atoms with Crippen molar-refractivity contribution in [3.8, 4) is 0 Å². The summed E-state index contributed by atoms with van der Waals surface area (Å²) < 4.78 is 7.29. The third-order valence-corrected chi connectivity index (χ3v) is 2.51. The normalized spacial score (nSPS) is 22.4. The van der Waals surface area contributed by atoms with Crippen LogP contribution in [0.2, 0.25) is 0 Å². The molecule has 13 heavy (non-hydrogen) atoms. The fraction of sp³-hybridized carbons (Fsp3) is 0.667. The van der Waals surface area contributed by atoms with E-state index < -0.39 is 0 Å². The van der Waals surface area contributed by atoms with E-state index in [1.807, 2.05) is 10.9 Å². The van der Waals surface area contributed by atoms with Gasteiger partial charge in [-0.2, -0.15) is 5.10 Å². The molecule has 0 N–H and O–H groups in total. The molecule has 1 atom stereocenters. The predicted molar refractivity (Wildman–Crippen MR) is 51.1 cm³/mol. The summed E-state index contributed by atoms with van der Waals surface area (Å²) in [6.45, 7) is 1.65. The number of alkyl halides is 1. The van der Waals surface area contributed by atoms with E-state index in [1.54, 1.807) is 0 Å². The Morgan fingerprint density at radius 3 is 3.31 bits per heavy atom. The summed E-state index contributed by atoms with van der Waals surface area (Å²) in [5.41, 5.74) is 1.21. The third kappa shape index (κ3) is 2.03. The van der Waals surface area contributed by atoms with Gasteiger partial charge in [0.2, 0.25) is 0 Å². The van der Waals surface area contributed by atoms with Gasteiger partial charge < -0.3 is 4.74 Å². The van der Waals surface area contributed by atoms with Crippen molar-refractivity contribution in [2.24, 2.45) is 0 Å². The van der Waals surface area contributed by atoms with Crippen LogP contribution in [0.4, 0.5) is 0 Å². The Morgan fingerprint density at radius 2 is 2.62 bits per heavy atom. The fourth-order valence-corrected chi connectivity index (χ4v) is 1.76. The first-order chi connectivity index (χ1) is 6.40. The van der Waals surface area contributed by atoms with Crippen LogP contribution in [0, 0.1) is 0 Å². The first-order valence-electron chi connectivity index (χ1n) is 4.57. The van der Waals surface area contributed by atoms with E-state index in [2.05, 4.69) is 11.3 Å². The molecule has 1 aromatic heterocycles. The highest BCUT2D eigenvalue weighted by molar-refractivity contribution is 6.17. The molecule has 0 radical (unpaired) electrons. The van der Waals surface area contributed by atoms with Crippen molar-refractivity contribution in [3.05, 3.63) is 18.0 Å². The molecular formula is C9H13ClN2O. The second kappa shape index (κ2) is 4.11.